The lowest BCUT2D eigenvalue weighted by Gasteiger charge is -2.20. The van der Waals surface area contributed by atoms with Gasteiger partial charge >= 0.3 is 0 Å². The van der Waals surface area contributed by atoms with E-state index in [4.69, 9.17) is 4.74 Å². The van der Waals surface area contributed by atoms with Crippen LogP contribution in [0.3, 0.4) is 0 Å². The molecule has 2 amide bonds. The van der Waals surface area contributed by atoms with Gasteiger partial charge in [-0.2, -0.15) is 0 Å². The lowest BCUT2D eigenvalue weighted by atomic mass is 10.1. The van der Waals surface area contributed by atoms with Crippen molar-refractivity contribution in [2.75, 3.05) is 13.7 Å². The van der Waals surface area contributed by atoms with Gasteiger partial charge in [0.15, 0.2) is 11.6 Å². The fraction of sp³-hybridized carbons (Fsp3) is 0.200. The van der Waals surface area contributed by atoms with E-state index >= 15 is 0 Å². The van der Waals surface area contributed by atoms with Crippen LogP contribution in [0.25, 0.3) is 5.70 Å². The minimum absolute atomic E-state index is 0.143. The monoisotopic (exact) mass is 354 g/mol. The van der Waals surface area contributed by atoms with Crippen LogP contribution in [-0.4, -0.2) is 30.4 Å². The Kier molecular flexibility index (Phi) is 4.75. The first-order valence-corrected chi connectivity index (χ1v) is 8.15. The van der Waals surface area contributed by atoms with Gasteiger partial charge in [0, 0.05) is 16.8 Å². The number of carbonyl (C=O) groups is 2. The Morgan fingerprint density at radius 2 is 1.96 bits per heavy atom. The van der Waals surface area contributed by atoms with E-state index in [1.54, 1.807) is 31.2 Å². The van der Waals surface area contributed by atoms with Gasteiger partial charge in [-0.05, 0) is 30.7 Å². The standard InChI is InChI=1S/C20H19FN2O3/c1-12(14-8-9-18(26-3)17(21)10-14)22-19(24)11-23-13(2)15-6-4-5-7-16(15)20(23)25/h4-10,12H,2,11H2,1,3H3,(H,22,24)/t12-/m0/s1. The van der Waals surface area contributed by atoms with Gasteiger partial charge in [-0.25, -0.2) is 4.39 Å². The summed E-state index contributed by atoms with van der Waals surface area (Å²) in [6, 6.07) is 11.2. The molecule has 0 unspecified atom stereocenters. The molecule has 1 atom stereocenters. The Hall–Kier alpha value is -3.15. The van der Waals surface area contributed by atoms with Gasteiger partial charge in [-0.1, -0.05) is 30.8 Å². The van der Waals surface area contributed by atoms with E-state index < -0.39 is 11.9 Å². The molecule has 0 spiro atoms. The fourth-order valence-corrected chi connectivity index (χ4v) is 2.97. The minimum atomic E-state index is -0.496. The van der Waals surface area contributed by atoms with Gasteiger partial charge in [-0.3, -0.25) is 14.5 Å². The van der Waals surface area contributed by atoms with Gasteiger partial charge < -0.3 is 10.1 Å². The Balaban J connectivity index is 1.67. The maximum Gasteiger partial charge on any atom is 0.259 e. The van der Waals surface area contributed by atoms with Crippen molar-refractivity contribution in [3.8, 4) is 5.75 Å². The Bertz CT molecular complexity index is 859. The summed E-state index contributed by atoms with van der Waals surface area (Å²) in [5.41, 5.74) is 2.38. The van der Waals surface area contributed by atoms with Crippen LogP contribution in [0.5, 0.6) is 5.75 Å². The molecule has 134 valence electrons. The van der Waals surface area contributed by atoms with E-state index in [0.29, 0.717) is 16.8 Å². The first kappa shape index (κ1) is 17.7. The van der Waals surface area contributed by atoms with Crippen LogP contribution in [-0.2, 0) is 4.79 Å². The highest BCUT2D eigenvalue weighted by Crippen LogP contribution is 2.30. The van der Waals surface area contributed by atoms with Crippen molar-refractivity contribution in [3.05, 3.63) is 71.6 Å². The molecule has 0 aliphatic carbocycles. The van der Waals surface area contributed by atoms with Crippen molar-refractivity contribution >= 4 is 17.5 Å². The van der Waals surface area contributed by atoms with Crippen molar-refractivity contribution in [1.29, 1.82) is 0 Å². The molecule has 0 saturated carbocycles. The van der Waals surface area contributed by atoms with Crippen molar-refractivity contribution in [3.63, 3.8) is 0 Å². The topological polar surface area (TPSA) is 58.6 Å². The van der Waals surface area contributed by atoms with Crippen molar-refractivity contribution in [2.24, 2.45) is 0 Å². The molecule has 0 aromatic heterocycles. The quantitative estimate of drug-likeness (QED) is 0.897. The van der Waals surface area contributed by atoms with Gasteiger partial charge in [0.1, 0.15) is 6.54 Å². The number of methoxy groups -OCH3 is 1. The molecule has 0 bridgehead atoms. The molecule has 1 aliphatic rings. The number of ether oxygens (including phenoxy) is 1. The zero-order chi connectivity index (χ0) is 18.8. The highest BCUT2D eigenvalue weighted by molar-refractivity contribution is 6.10. The number of amides is 2. The molecule has 26 heavy (non-hydrogen) atoms. The summed E-state index contributed by atoms with van der Waals surface area (Å²) in [4.78, 5) is 26.2. The smallest absolute Gasteiger partial charge is 0.259 e. The minimum Gasteiger partial charge on any atom is -0.494 e. The molecule has 0 radical (unpaired) electrons. The molecule has 3 rings (SSSR count). The summed E-state index contributed by atoms with van der Waals surface area (Å²) in [7, 11) is 1.39. The number of nitrogens with zero attached hydrogens (tertiary/aromatic N) is 1. The summed E-state index contributed by atoms with van der Waals surface area (Å²) in [6.45, 7) is 5.51. The maximum atomic E-state index is 13.8. The molecule has 1 aliphatic heterocycles. The summed E-state index contributed by atoms with van der Waals surface area (Å²) in [5, 5.41) is 2.77. The molecule has 2 aromatic rings. The molecule has 1 N–H and O–H groups in total. The number of carbonyl (C=O) groups excluding carboxylic acids is 2. The van der Waals surface area contributed by atoms with Gasteiger partial charge in [0.2, 0.25) is 5.91 Å². The van der Waals surface area contributed by atoms with Crippen LogP contribution in [0.15, 0.2) is 49.0 Å². The molecular weight excluding hydrogens is 335 g/mol. The second-order valence-electron chi connectivity index (χ2n) is 6.07. The Labute approximate surface area is 151 Å². The molecule has 2 aromatic carbocycles. The average Bonchev–Trinajstić information content (AvgIpc) is 2.87. The average molecular weight is 354 g/mol. The lowest BCUT2D eigenvalue weighted by molar-refractivity contribution is -0.121. The SMILES string of the molecule is C=C1c2ccccc2C(=O)N1CC(=O)N[C@@H](C)c1ccc(OC)c(F)c1. The second kappa shape index (κ2) is 7.00. The van der Waals surface area contributed by atoms with Crippen LogP contribution in [0.2, 0.25) is 0 Å². The van der Waals surface area contributed by atoms with Crippen LogP contribution in [0.1, 0.15) is 34.5 Å². The molecule has 5 nitrogen and oxygen atoms in total. The van der Waals surface area contributed by atoms with Crippen LogP contribution in [0, 0.1) is 5.82 Å². The largest absolute Gasteiger partial charge is 0.494 e. The van der Waals surface area contributed by atoms with Crippen LogP contribution >= 0.6 is 0 Å². The number of halogens is 1. The predicted molar refractivity (Wildman–Crippen MR) is 96.0 cm³/mol. The van der Waals surface area contributed by atoms with Gasteiger partial charge in [-0.15, -0.1) is 0 Å². The molecule has 0 fully saturated rings. The number of hydrogen-bond acceptors (Lipinski definition) is 3. The summed E-state index contributed by atoms with van der Waals surface area (Å²) < 4.78 is 18.7. The third-order valence-corrected chi connectivity index (χ3v) is 4.39. The number of nitrogens with one attached hydrogen (secondary N) is 1. The number of hydrogen-bond donors (Lipinski definition) is 1. The molecule has 6 heteroatoms. The highest BCUT2D eigenvalue weighted by Gasteiger charge is 2.32. The zero-order valence-corrected chi connectivity index (χ0v) is 14.6. The van der Waals surface area contributed by atoms with Crippen molar-refractivity contribution in [1.82, 2.24) is 10.2 Å². The van der Waals surface area contributed by atoms with E-state index in [2.05, 4.69) is 11.9 Å². The zero-order valence-electron chi connectivity index (χ0n) is 14.6. The van der Waals surface area contributed by atoms with Gasteiger partial charge in [0.25, 0.3) is 5.91 Å². The third kappa shape index (κ3) is 3.18. The van der Waals surface area contributed by atoms with E-state index in [-0.39, 0.29) is 24.1 Å². The number of rotatable bonds is 5. The van der Waals surface area contributed by atoms with E-state index in [0.717, 1.165) is 5.56 Å². The van der Waals surface area contributed by atoms with Crippen LogP contribution < -0.4 is 10.1 Å². The summed E-state index contributed by atoms with van der Waals surface area (Å²) in [6.07, 6.45) is 0. The second-order valence-corrected chi connectivity index (χ2v) is 6.07. The summed E-state index contributed by atoms with van der Waals surface area (Å²) in [5.74, 6) is -0.950. The van der Waals surface area contributed by atoms with Crippen molar-refractivity contribution in [2.45, 2.75) is 13.0 Å². The highest BCUT2D eigenvalue weighted by atomic mass is 19.1. The lowest BCUT2D eigenvalue weighted by Crippen LogP contribution is -2.38. The third-order valence-electron chi connectivity index (χ3n) is 4.39. The maximum absolute atomic E-state index is 13.8. The molecular formula is C20H19FN2O3. The number of benzene rings is 2. The normalized spacial score (nSPS) is 14.2. The van der Waals surface area contributed by atoms with E-state index in [1.807, 2.05) is 6.07 Å². The molecule has 0 saturated heterocycles. The predicted octanol–water partition coefficient (Wildman–Crippen LogP) is 3.14. The number of fused-ring (bicyclic) bond motifs is 1. The van der Waals surface area contributed by atoms with Crippen LogP contribution in [0.4, 0.5) is 4.39 Å². The Morgan fingerprint density at radius 3 is 2.58 bits per heavy atom. The van der Waals surface area contributed by atoms with E-state index in [1.165, 1.54) is 24.1 Å². The van der Waals surface area contributed by atoms with Gasteiger partial charge in [0.05, 0.1) is 13.2 Å². The first-order valence-electron chi connectivity index (χ1n) is 8.15. The summed E-state index contributed by atoms with van der Waals surface area (Å²) >= 11 is 0. The fourth-order valence-electron chi connectivity index (χ4n) is 2.97. The Morgan fingerprint density at radius 1 is 1.27 bits per heavy atom. The van der Waals surface area contributed by atoms with Crippen molar-refractivity contribution < 1.29 is 18.7 Å². The van der Waals surface area contributed by atoms with E-state index in [9.17, 15) is 14.0 Å². The molecule has 1 heterocycles. The first-order chi connectivity index (χ1) is 12.4.